The maximum atomic E-state index is 13.4. The number of anilines is 1. The van der Waals surface area contributed by atoms with E-state index in [0.717, 1.165) is 34.6 Å². The van der Waals surface area contributed by atoms with Gasteiger partial charge in [-0.2, -0.15) is 0 Å². The van der Waals surface area contributed by atoms with Crippen LogP contribution in [0.15, 0.2) is 60.4 Å². The Labute approximate surface area is 186 Å². The monoisotopic (exact) mass is 430 g/mol. The van der Waals surface area contributed by atoms with Crippen molar-refractivity contribution in [2.45, 2.75) is 27.2 Å². The first-order chi connectivity index (χ1) is 14.9. The minimum Gasteiger partial charge on any atom is -0.316 e. The Morgan fingerprint density at radius 2 is 1.90 bits per heavy atom. The van der Waals surface area contributed by atoms with Gasteiger partial charge in [-0.15, -0.1) is 0 Å². The van der Waals surface area contributed by atoms with Gasteiger partial charge in [-0.3, -0.25) is 24.8 Å². The summed E-state index contributed by atoms with van der Waals surface area (Å²) in [5.41, 5.74) is 5.30. The highest BCUT2D eigenvalue weighted by atomic mass is 32.1. The minimum atomic E-state index is -0.494. The zero-order chi connectivity index (χ0) is 22.1. The predicted octanol–water partition coefficient (Wildman–Crippen LogP) is 3.88. The second-order valence-electron chi connectivity index (χ2n) is 7.31. The molecule has 7 heteroatoms. The third kappa shape index (κ3) is 3.68. The highest BCUT2D eigenvalue weighted by Gasteiger charge is 2.35. The molecule has 0 aliphatic carbocycles. The van der Waals surface area contributed by atoms with Crippen molar-refractivity contribution in [1.29, 1.82) is 0 Å². The molecule has 156 valence electrons. The average Bonchev–Trinajstić information content (AvgIpc) is 3.04. The Morgan fingerprint density at radius 1 is 1.13 bits per heavy atom. The third-order valence-corrected chi connectivity index (χ3v) is 5.67. The molecule has 1 N–H and O–H groups in total. The number of para-hydroxylation sites is 1. The summed E-state index contributed by atoms with van der Waals surface area (Å²) >= 11 is 5.34. The zero-order valence-electron chi connectivity index (χ0n) is 17.5. The summed E-state index contributed by atoms with van der Waals surface area (Å²) in [7, 11) is 0. The van der Waals surface area contributed by atoms with Gasteiger partial charge in [-0.25, -0.2) is 0 Å². The van der Waals surface area contributed by atoms with Crippen molar-refractivity contribution in [3.05, 3.63) is 82.9 Å². The van der Waals surface area contributed by atoms with E-state index in [0.29, 0.717) is 5.69 Å². The van der Waals surface area contributed by atoms with Crippen LogP contribution >= 0.6 is 12.2 Å². The van der Waals surface area contributed by atoms with E-state index in [1.165, 1.54) is 4.90 Å². The van der Waals surface area contributed by atoms with Gasteiger partial charge in [0.2, 0.25) is 0 Å². The second kappa shape index (κ2) is 8.28. The Morgan fingerprint density at radius 3 is 2.61 bits per heavy atom. The number of nitrogens with one attached hydrogen (secondary N) is 1. The fourth-order valence-electron chi connectivity index (χ4n) is 3.88. The number of pyridine rings is 1. The molecule has 2 aromatic heterocycles. The molecule has 3 aromatic rings. The van der Waals surface area contributed by atoms with Gasteiger partial charge in [0.15, 0.2) is 5.11 Å². The molecule has 0 atom stereocenters. The number of hydrogen-bond donors (Lipinski definition) is 1. The van der Waals surface area contributed by atoms with Gasteiger partial charge in [0, 0.05) is 17.6 Å². The van der Waals surface area contributed by atoms with Gasteiger partial charge in [-0.1, -0.05) is 25.1 Å². The first kappa shape index (κ1) is 20.7. The van der Waals surface area contributed by atoms with Crippen molar-refractivity contribution < 1.29 is 9.59 Å². The highest BCUT2D eigenvalue weighted by molar-refractivity contribution is 7.80. The van der Waals surface area contributed by atoms with Gasteiger partial charge in [0.05, 0.1) is 17.6 Å². The number of carbonyl (C=O) groups is 2. The molecule has 1 saturated heterocycles. The summed E-state index contributed by atoms with van der Waals surface area (Å²) in [6.45, 7) is 5.94. The summed E-state index contributed by atoms with van der Waals surface area (Å²) in [5.74, 6) is -0.924. The van der Waals surface area contributed by atoms with Crippen LogP contribution in [0.25, 0.3) is 11.8 Å². The normalized spacial score (nSPS) is 15.5. The Balaban J connectivity index is 1.78. The fraction of sp³-hybridized carbons (Fsp3) is 0.167. The summed E-state index contributed by atoms with van der Waals surface area (Å²) in [6, 6.07) is 13.3. The number of aromatic nitrogens is 2. The quantitative estimate of drug-likeness (QED) is 0.388. The lowest BCUT2D eigenvalue weighted by Gasteiger charge is -2.30. The third-order valence-electron chi connectivity index (χ3n) is 5.39. The van der Waals surface area contributed by atoms with Gasteiger partial charge in [0.25, 0.3) is 11.8 Å². The van der Waals surface area contributed by atoms with E-state index in [2.05, 4.69) is 10.3 Å². The molecule has 0 spiro atoms. The van der Waals surface area contributed by atoms with E-state index in [1.54, 1.807) is 18.5 Å². The van der Waals surface area contributed by atoms with Crippen LogP contribution in [-0.4, -0.2) is 26.5 Å². The molecule has 1 fully saturated rings. The van der Waals surface area contributed by atoms with Crippen molar-refractivity contribution in [3.8, 4) is 5.69 Å². The Hall–Kier alpha value is -3.58. The highest BCUT2D eigenvalue weighted by Crippen LogP contribution is 2.28. The molecular formula is C24H22N4O2S. The first-order valence-corrected chi connectivity index (χ1v) is 10.4. The molecule has 0 radical (unpaired) electrons. The van der Waals surface area contributed by atoms with E-state index in [9.17, 15) is 9.59 Å². The van der Waals surface area contributed by atoms with Crippen molar-refractivity contribution in [3.63, 3.8) is 0 Å². The lowest BCUT2D eigenvalue weighted by atomic mass is 10.0. The smallest absolute Gasteiger partial charge is 0.270 e. The summed E-state index contributed by atoms with van der Waals surface area (Å²) < 4.78 is 2.04. The van der Waals surface area contributed by atoms with Gasteiger partial charge in [0.1, 0.15) is 5.57 Å². The molecule has 0 unspecified atom stereocenters. The molecule has 31 heavy (non-hydrogen) atoms. The number of amides is 2. The van der Waals surface area contributed by atoms with E-state index in [-0.39, 0.29) is 10.7 Å². The SMILES string of the molecule is CCc1ccccc1N1C(=O)/C(=C/c2cc(C)n(-c3cccnc3)c2C)C(=O)NC1=S. The maximum absolute atomic E-state index is 13.4. The predicted molar refractivity (Wildman–Crippen MR) is 125 cm³/mol. The van der Waals surface area contributed by atoms with E-state index < -0.39 is 11.8 Å². The van der Waals surface area contributed by atoms with Crippen molar-refractivity contribution in [2.75, 3.05) is 4.90 Å². The molecule has 2 amide bonds. The lowest BCUT2D eigenvalue weighted by molar-refractivity contribution is -0.122. The summed E-state index contributed by atoms with van der Waals surface area (Å²) in [6.07, 6.45) is 5.87. The number of thiocarbonyl (C=S) groups is 1. The summed E-state index contributed by atoms with van der Waals surface area (Å²) in [5, 5.41) is 2.76. The van der Waals surface area contributed by atoms with Crippen LogP contribution in [0, 0.1) is 13.8 Å². The van der Waals surface area contributed by atoms with Crippen molar-refractivity contribution in [2.24, 2.45) is 0 Å². The molecule has 1 aromatic carbocycles. The maximum Gasteiger partial charge on any atom is 0.270 e. The van der Waals surface area contributed by atoms with E-state index >= 15 is 0 Å². The Kier molecular flexibility index (Phi) is 5.52. The second-order valence-corrected chi connectivity index (χ2v) is 7.70. The number of carbonyl (C=O) groups excluding carboxylic acids is 2. The van der Waals surface area contributed by atoms with Crippen LogP contribution in [-0.2, 0) is 16.0 Å². The number of aryl methyl sites for hydroxylation is 2. The summed E-state index contributed by atoms with van der Waals surface area (Å²) in [4.78, 5) is 31.7. The molecule has 3 heterocycles. The average molecular weight is 431 g/mol. The number of rotatable bonds is 4. The molecule has 4 rings (SSSR count). The van der Waals surface area contributed by atoms with Crippen LogP contribution in [0.4, 0.5) is 5.69 Å². The number of benzene rings is 1. The van der Waals surface area contributed by atoms with Crippen molar-refractivity contribution in [1.82, 2.24) is 14.9 Å². The van der Waals surface area contributed by atoms with Gasteiger partial charge < -0.3 is 4.57 Å². The molecule has 0 saturated carbocycles. The van der Waals surface area contributed by atoms with Crippen LogP contribution in [0.5, 0.6) is 0 Å². The van der Waals surface area contributed by atoms with Crippen LogP contribution in [0.1, 0.15) is 29.4 Å². The molecular weight excluding hydrogens is 408 g/mol. The number of hydrogen-bond acceptors (Lipinski definition) is 4. The lowest BCUT2D eigenvalue weighted by Crippen LogP contribution is -2.54. The topological polar surface area (TPSA) is 67.2 Å². The van der Waals surface area contributed by atoms with Crippen LogP contribution in [0.3, 0.4) is 0 Å². The molecule has 1 aliphatic heterocycles. The van der Waals surface area contributed by atoms with Gasteiger partial charge >= 0.3 is 0 Å². The molecule has 0 bridgehead atoms. The zero-order valence-corrected chi connectivity index (χ0v) is 18.4. The largest absolute Gasteiger partial charge is 0.316 e. The van der Waals surface area contributed by atoms with E-state index in [4.69, 9.17) is 12.2 Å². The first-order valence-electron chi connectivity index (χ1n) is 10.0. The molecule has 6 nitrogen and oxygen atoms in total. The van der Waals surface area contributed by atoms with Crippen LogP contribution in [0.2, 0.25) is 0 Å². The van der Waals surface area contributed by atoms with Gasteiger partial charge in [-0.05, 0) is 74.0 Å². The number of nitrogens with zero attached hydrogens (tertiary/aromatic N) is 3. The minimum absolute atomic E-state index is 0.0472. The molecule has 1 aliphatic rings. The fourth-order valence-corrected chi connectivity index (χ4v) is 4.15. The van der Waals surface area contributed by atoms with Crippen molar-refractivity contribution >= 4 is 40.9 Å². The standard InChI is InChI=1S/C24H22N4O2S/c1-4-17-8-5-6-10-21(17)28-23(30)20(22(29)26-24(28)31)13-18-12-15(2)27(16(18)3)19-9-7-11-25-14-19/h5-14H,4H2,1-3H3,(H,26,29,31)/b20-13+. The van der Waals surface area contributed by atoms with Crippen LogP contribution < -0.4 is 10.2 Å². The Bertz CT molecular complexity index is 1230. The van der Waals surface area contributed by atoms with E-state index in [1.807, 2.05) is 67.8 Å².